The zero-order chi connectivity index (χ0) is 16.7. The minimum atomic E-state index is -0.407. The molecule has 2 rings (SSSR count). The lowest BCUT2D eigenvalue weighted by atomic mass is 10.0. The largest absolute Gasteiger partial charge is 0.491 e. The number of hydrogen-bond donors (Lipinski definition) is 2. The van der Waals surface area contributed by atoms with Gasteiger partial charge >= 0.3 is 0 Å². The van der Waals surface area contributed by atoms with Crippen LogP contribution in [0, 0.1) is 5.82 Å². The summed E-state index contributed by atoms with van der Waals surface area (Å²) in [6.45, 7) is 2.41. The Kier molecular flexibility index (Phi) is 8.22. The van der Waals surface area contributed by atoms with Crippen molar-refractivity contribution in [3.8, 4) is 5.75 Å². The van der Waals surface area contributed by atoms with Crippen molar-refractivity contribution in [1.29, 1.82) is 0 Å². The van der Waals surface area contributed by atoms with Crippen molar-refractivity contribution in [2.75, 3.05) is 11.9 Å². The average Bonchev–Trinajstić information content (AvgIpc) is 2.55. The van der Waals surface area contributed by atoms with Crippen LogP contribution in [-0.2, 0) is 4.79 Å². The molecular formula is C18H22ClFN2O2. The third-order valence-electron chi connectivity index (χ3n) is 3.31. The van der Waals surface area contributed by atoms with Gasteiger partial charge in [0.05, 0.1) is 12.3 Å². The molecule has 0 aliphatic rings. The van der Waals surface area contributed by atoms with E-state index in [1.165, 1.54) is 18.2 Å². The maximum absolute atomic E-state index is 13.3. The molecule has 0 fully saturated rings. The van der Waals surface area contributed by atoms with Gasteiger partial charge < -0.3 is 15.8 Å². The minimum Gasteiger partial charge on any atom is -0.491 e. The van der Waals surface area contributed by atoms with Crippen LogP contribution in [0.4, 0.5) is 10.1 Å². The van der Waals surface area contributed by atoms with Gasteiger partial charge in [0.2, 0.25) is 5.91 Å². The molecule has 0 aliphatic heterocycles. The normalized spacial score (nSPS) is 11.3. The number of hydrogen-bond acceptors (Lipinski definition) is 3. The van der Waals surface area contributed by atoms with E-state index in [4.69, 9.17) is 10.5 Å². The second-order valence-corrected chi connectivity index (χ2v) is 5.26. The maximum Gasteiger partial charge on any atom is 0.226 e. The van der Waals surface area contributed by atoms with Gasteiger partial charge in [-0.2, -0.15) is 0 Å². The fourth-order valence-electron chi connectivity index (χ4n) is 2.15. The van der Waals surface area contributed by atoms with Gasteiger partial charge in [-0.05, 0) is 24.1 Å². The number of anilines is 1. The number of benzene rings is 2. The summed E-state index contributed by atoms with van der Waals surface area (Å²) in [7, 11) is 0. The summed E-state index contributed by atoms with van der Waals surface area (Å²) in [6, 6.07) is 13.1. The molecule has 0 bridgehead atoms. The quantitative estimate of drug-likeness (QED) is 0.789. The van der Waals surface area contributed by atoms with Crippen LogP contribution in [0.15, 0.2) is 48.5 Å². The maximum atomic E-state index is 13.3. The Bertz CT molecular complexity index is 653. The predicted molar refractivity (Wildman–Crippen MR) is 96.1 cm³/mol. The Labute approximate surface area is 147 Å². The van der Waals surface area contributed by atoms with Crippen molar-refractivity contribution in [2.24, 2.45) is 5.73 Å². The van der Waals surface area contributed by atoms with E-state index in [2.05, 4.69) is 5.32 Å². The Morgan fingerprint density at radius 2 is 1.96 bits per heavy atom. The van der Waals surface area contributed by atoms with Crippen LogP contribution in [0.2, 0.25) is 0 Å². The van der Waals surface area contributed by atoms with E-state index in [0.29, 0.717) is 18.0 Å². The van der Waals surface area contributed by atoms with Crippen molar-refractivity contribution in [1.82, 2.24) is 0 Å². The van der Waals surface area contributed by atoms with E-state index < -0.39 is 11.9 Å². The minimum absolute atomic E-state index is 0. The molecule has 4 nitrogen and oxygen atoms in total. The first kappa shape index (κ1) is 19.9. The number of carbonyl (C=O) groups is 1. The monoisotopic (exact) mass is 352 g/mol. The summed E-state index contributed by atoms with van der Waals surface area (Å²) in [5.41, 5.74) is 7.38. The van der Waals surface area contributed by atoms with E-state index in [-0.39, 0.29) is 24.7 Å². The number of nitrogens with one attached hydrogen (secondary N) is 1. The SMILES string of the molecule is CCCOc1cc(F)ccc1NC(=O)CC(N)c1ccccc1.Cl. The first-order chi connectivity index (χ1) is 11.1. The highest BCUT2D eigenvalue weighted by Crippen LogP contribution is 2.26. The highest BCUT2D eigenvalue weighted by molar-refractivity contribution is 5.92. The van der Waals surface area contributed by atoms with Gasteiger partial charge in [0.1, 0.15) is 11.6 Å². The fraction of sp³-hybridized carbons (Fsp3) is 0.278. The van der Waals surface area contributed by atoms with Crippen molar-refractivity contribution in [2.45, 2.75) is 25.8 Å². The highest BCUT2D eigenvalue weighted by atomic mass is 35.5. The van der Waals surface area contributed by atoms with Gasteiger partial charge in [0.25, 0.3) is 0 Å². The second kappa shape index (κ2) is 9.90. The lowest BCUT2D eigenvalue weighted by Gasteiger charge is -2.15. The van der Waals surface area contributed by atoms with Crippen LogP contribution in [0.5, 0.6) is 5.75 Å². The van der Waals surface area contributed by atoms with E-state index >= 15 is 0 Å². The summed E-state index contributed by atoms with van der Waals surface area (Å²) in [4.78, 5) is 12.2. The van der Waals surface area contributed by atoms with Crippen molar-refractivity contribution < 1.29 is 13.9 Å². The molecule has 0 saturated carbocycles. The molecule has 130 valence electrons. The van der Waals surface area contributed by atoms with Gasteiger partial charge in [-0.25, -0.2) is 4.39 Å². The Balaban J connectivity index is 0.00000288. The number of rotatable bonds is 7. The van der Waals surface area contributed by atoms with Gasteiger partial charge in [-0.15, -0.1) is 12.4 Å². The molecule has 0 radical (unpaired) electrons. The third kappa shape index (κ3) is 5.83. The number of halogens is 2. The topological polar surface area (TPSA) is 64.3 Å². The van der Waals surface area contributed by atoms with Crippen LogP contribution in [0.25, 0.3) is 0 Å². The lowest BCUT2D eigenvalue weighted by molar-refractivity contribution is -0.116. The summed E-state index contributed by atoms with van der Waals surface area (Å²) in [6.07, 6.45) is 0.928. The zero-order valence-corrected chi connectivity index (χ0v) is 14.3. The molecule has 0 heterocycles. The molecule has 2 aromatic carbocycles. The van der Waals surface area contributed by atoms with Gasteiger partial charge in [-0.3, -0.25) is 4.79 Å². The van der Waals surface area contributed by atoms with Crippen molar-refractivity contribution in [3.05, 3.63) is 59.9 Å². The first-order valence-electron chi connectivity index (χ1n) is 7.63. The van der Waals surface area contributed by atoms with Crippen LogP contribution < -0.4 is 15.8 Å². The lowest BCUT2D eigenvalue weighted by Crippen LogP contribution is -2.21. The molecule has 3 N–H and O–H groups in total. The summed E-state index contributed by atoms with van der Waals surface area (Å²) in [5, 5.41) is 2.74. The highest BCUT2D eigenvalue weighted by Gasteiger charge is 2.14. The summed E-state index contributed by atoms with van der Waals surface area (Å²) < 4.78 is 18.8. The first-order valence-corrected chi connectivity index (χ1v) is 7.63. The molecule has 0 aliphatic carbocycles. The molecule has 24 heavy (non-hydrogen) atoms. The Morgan fingerprint density at radius 3 is 2.62 bits per heavy atom. The van der Waals surface area contributed by atoms with Crippen LogP contribution in [0.3, 0.4) is 0 Å². The second-order valence-electron chi connectivity index (χ2n) is 5.26. The number of nitrogens with two attached hydrogens (primary N) is 1. The van der Waals surface area contributed by atoms with E-state index in [1.54, 1.807) is 0 Å². The third-order valence-corrected chi connectivity index (χ3v) is 3.31. The Morgan fingerprint density at radius 1 is 1.25 bits per heavy atom. The average molecular weight is 353 g/mol. The molecule has 1 atom stereocenters. The summed E-state index contributed by atoms with van der Waals surface area (Å²) in [5.74, 6) is -0.321. The van der Waals surface area contributed by atoms with Gasteiger partial charge in [-0.1, -0.05) is 37.3 Å². The summed E-state index contributed by atoms with van der Waals surface area (Å²) >= 11 is 0. The Hall–Kier alpha value is -2.11. The van der Waals surface area contributed by atoms with Crippen LogP contribution in [0.1, 0.15) is 31.4 Å². The molecule has 0 saturated heterocycles. The smallest absolute Gasteiger partial charge is 0.226 e. The van der Waals surface area contributed by atoms with Crippen LogP contribution >= 0.6 is 12.4 Å². The van der Waals surface area contributed by atoms with Crippen LogP contribution in [-0.4, -0.2) is 12.5 Å². The molecular weight excluding hydrogens is 331 g/mol. The van der Waals surface area contributed by atoms with E-state index in [9.17, 15) is 9.18 Å². The standard InChI is InChI=1S/C18H21FN2O2.ClH/c1-2-10-23-17-11-14(19)8-9-16(17)21-18(22)12-15(20)13-6-4-3-5-7-13;/h3-9,11,15H,2,10,12,20H2,1H3,(H,21,22);1H. The van der Waals surface area contributed by atoms with Gasteiger partial charge in [0.15, 0.2) is 0 Å². The van der Waals surface area contributed by atoms with E-state index in [0.717, 1.165) is 12.0 Å². The van der Waals surface area contributed by atoms with Gasteiger partial charge in [0, 0.05) is 18.5 Å². The predicted octanol–water partition coefficient (Wildman–Crippen LogP) is 4.06. The number of carbonyl (C=O) groups excluding carboxylic acids is 1. The van der Waals surface area contributed by atoms with Crippen molar-refractivity contribution in [3.63, 3.8) is 0 Å². The number of ether oxygens (including phenoxy) is 1. The molecule has 2 aromatic rings. The fourth-order valence-corrected chi connectivity index (χ4v) is 2.15. The van der Waals surface area contributed by atoms with E-state index in [1.807, 2.05) is 37.3 Å². The molecule has 0 aromatic heterocycles. The van der Waals surface area contributed by atoms with Crippen molar-refractivity contribution >= 4 is 24.0 Å². The molecule has 6 heteroatoms. The number of amides is 1. The molecule has 1 unspecified atom stereocenters. The molecule has 1 amide bonds. The molecule has 0 spiro atoms. The zero-order valence-electron chi connectivity index (χ0n) is 13.5.